The molecule has 16 heavy (non-hydrogen) atoms. The Bertz CT molecular complexity index is 98.0. The molecule has 0 bridgehead atoms. The fraction of sp³-hybridized carbons (Fsp3) is 0.933. The first-order chi connectivity index (χ1) is 7.91. The van der Waals surface area contributed by atoms with Crippen LogP contribution in [0.2, 0.25) is 0 Å². The van der Waals surface area contributed by atoms with Crippen molar-refractivity contribution in [2.24, 2.45) is 0 Å². The number of hydrogen-bond acceptors (Lipinski definition) is 1. The second kappa shape index (κ2) is 15.4. The van der Waals surface area contributed by atoms with E-state index in [0.717, 1.165) is 5.75 Å². The summed E-state index contributed by atoms with van der Waals surface area (Å²) < 4.78 is 0. The molecule has 0 rings (SSSR count). The third kappa shape index (κ3) is 14.4. The number of thioether (sulfide) groups is 1. The van der Waals surface area contributed by atoms with Crippen molar-refractivity contribution in [2.45, 2.75) is 77.6 Å². The van der Waals surface area contributed by atoms with Gasteiger partial charge in [-0.05, 0) is 24.9 Å². The summed E-state index contributed by atoms with van der Waals surface area (Å²) in [6, 6.07) is 0. The van der Waals surface area contributed by atoms with Gasteiger partial charge < -0.3 is 0 Å². The third-order valence-electron chi connectivity index (χ3n) is 3.04. The first kappa shape index (κ1) is 16.4. The summed E-state index contributed by atoms with van der Waals surface area (Å²) in [5.41, 5.74) is 0. The Labute approximate surface area is 108 Å². The third-order valence-corrected chi connectivity index (χ3v) is 3.90. The van der Waals surface area contributed by atoms with Crippen LogP contribution >= 0.6 is 11.8 Å². The van der Waals surface area contributed by atoms with Crippen LogP contribution in [0, 0.1) is 6.92 Å². The molecule has 0 aromatic heterocycles. The maximum atomic E-state index is 3.84. The van der Waals surface area contributed by atoms with E-state index in [1.54, 1.807) is 0 Å². The molecule has 1 radical (unpaired) electrons. The Kier molecular flexibility index (Phi) is 15.7. The first-order valence-corrected chi connectivity index (χ1v) is 8.44. The summed E-state index contributed by atoms with van der Waals surface area (Å²) in [4.78, 5) is 0. The highest BCUT2D eigenvalue weighted by atomic mass is 32.2. The van der Waals surface area contributed by atoms with Gasteiger partial charge in [0.05, 0.1) is 0 Å². The van der Waals surface area contributed by atoms with E-state index in [4.69, 9.17) is 0 Å². The standard InChI is InChI=1S/C15H31S/c1-3-5-6-7-8-9-10-11-12-13-14-15-16-4-2/h2-15H2,1H3. The van der Waals surface area contributed by atoms with Crippen molar-refractivity contribution in [3.05, 3.63) is 6.92 Å². The molecule has 1 heteroatoms. The van der Waals surface area contributed by atoms with Crippen LogP contribution in [0.1, 0.15) is 77.6 Å². The van der Waals surface area contributed by atoms with Crippen molar-refractivity contribution in [3.63, 3.8) is 0 Å². The van der Waals surface area contributed by atoms with Crippen LogP contribution in [0.15, 0.2) is 0 Å². The predicted octanol–water partition coefficient (Wildman–Crippen LogP) is 5.86. The van der Waals surface area contributed by atoms with Gasteiger partial charge in [-0.2, -0.15) is 11.8 Å². The largest absolute Gasteiger partial charge is 0.162 e. The molecule has 0 saturated heterocycles. The molecule has 0 N–H and O–H groups in total. The normalized spacial score (nSPS) is 10.9. The average molecular weight is 243 g/mol. The molecule has 0 spiro atoms. The maximum absolute atomic E-state index is 3.84. The van der Waals surface area contributed by atoms with E-state index >= 15 is 0 Å². The molecule has 0 heterocycles. The van der Waals surface area contributed by atoms with E-state index < -0.39 is 0 Å². The van der Waals surface area contributed by atoms with Crippen LogP contribution < -0.4 is 0 Å². The lowest BCUT2D eigenvalue weighted by molar-refractivity contribution is 0.555. The monoisotopic (exact) mass is 243 g/mol. The predicted molar refractivity (Wildman–Crippen MR) is 79.1 cm³/mol. The molecule has 0 nitrogen and oxygen atoms in total. The van der Waals surface area contributed by atoms with Gasteiger partial charge in [-0.3, -0.25) is 0 Å². The number of unbranched alkanes of at least 4 members (excludes halogenated alkanes) is 10. The van der Waals surface area contributed by atoms with E-state index in [1.165, 1.54) is 76.4 Å². The highest BCUT2D eigenvalue weighted by molar-refractivity contribution is 7.99. The lowest BCUT2D eigenvalue weighted by Crippen LogP contribution is -1.84. The van der Waals surface area contributed by atoms with E-state index in [1.807, 2.05) is 11.8 Å². The first-order valence-electron chi connectivity index (χ1n) is 7.28. The minimum atomic E-state index is 1.04. The molecule has 0 unspecified atom stereocenters. The van der Waals surface area contributed by atoms with Gasteiger partial charge in [-0.25, -0.2) is 0 Å². The Balaban J connectivity index is 2.83. The van der Waals surface area contributed by atoms with Crippen LogP contribution in [0.25, 0.3) is 0 Å². The highest BCUT2D eigenvalue weighted by Crippen LogP contribution is 2.12. The highest BCUT2D eigenvalue weighted by Gasteiger charge is 1.92. The lowest BCUT2D eigenvalue weighted by Gasteiger charge is -2.02. The molecule has 0 aliphatic carbocycles. The molecule has 0 amide bonds. The van der Waals surface area contributed by atoms with E-state index in [9.17, 15) is 0 Å². The summed E-state index contributed by atoms with van der Waals surface area (Å²) in [5, 5.41) is 0. The average Bonchev–Trinajstić information content (AvgIpc) is 2.31. The van der Waals surface area contributed by atoms with Gasteiger partial charge >= 0.3 is 0 Å². The molecule has 0 aromatic carbocycles. The van der Waals surface area contributed by atoms with Crippen molar-refractivity contribution >= 4 is 11.8 Å². The SMILES string of the molecule is [CH2]CSCCCCCCCCCCCCC. The van der Waals surface area contributed by atoms with E-state index in [-0.39, 0.29) is 0 Å². The van der Waals surface area contributed by atoms with E-state index in [0.29, 0.717) is 0 Å². The summed E-state index contributed by atoms with van der Waals surface area (Å²) in [7, 11) is 0. The number of rotatable bonds is 13. The molecular weight excluding hydrogens is 212 g/mol. The second-order valence-electron chi connectivity index (χ2n) is 4.65. The van der Waals surface area contributed by atoms with Crippen molar-refractivity contribution in [1.82, 2.24) is 0 Å². The lowest BCUT2D eigenvalue weighted by atomic mass is 10.1. The Morgan fingerprint density at radius 3 is 1.56 bits per heavy atom. The van der Waals surface area contributed by atoms with Gasteiger partial charge in [-0.15, -0.1) is 0 Å². The Hall–Kier alpha value is 0.350. The molecule has 97 valence electrons. The summed E-state index contributed by atoms with van der Waals surface area (Å²) >= 11 is 1.98. The topological polar surface area (TPSA) is 0 Å². The smallest absolute Gasteiger partial charge is 0.00672 e. The molecular formula is C15H31S. The van der Waals surface area contributed by atoms with Crippen LogP contribution in [-0.2, 0) is 0 Å². The maximum Gasteiger partial charge on any atom is -0.00672 e. The van der Waals surface area contributed by atoms with Gasteiger partial charge in [-0.1, -0.05) is 71.1 Å². The minimum Gasteiger partial charge on any atom is -0.162 e. The molecule has 0 aromatic rings. The van der Waals surface area contributed by atoms with Crippen molar-refractivity contribution in [3.8, 4) is 0 Å². The van der Waals surface area contributed by atoms with Gasteiger partial charge in [0.25, 0.3) is 0 Å². The van der Waals surface area contributed by atoms with Gasteiger partial charge in [0.15, 0.2) is 0 Å². The van der Waals surface area contributed by atoms with Gasteiger partial charge in [0.1, 0.15) is 0 Å². The zero-order chi connectivity index (χ0) is 11.9. The summed E-state index contributed by atoms with van der Waals surface area (Å²) in [6.07, 6.45) is 15.9. The number of hydrogen-bond donors (Lipinski definition) is 0. The molecule has 0 aliphatic heterocycles. The minimum absolute atomic E-state index is 1.04. The molecule has 0 fully saturated rings. The summed E-state index contributed by atoms with van der Waals surface area (Å²) in [6.45, 7) is 6.12. The van der Waals surface area contributed by atoms with Gasteiger partial charge in [0.2, 0.25) is 0 Å². The van der Waals surface area contributed by atoms with Crippen molar-refractivity contribution < 1.29 is 0 Å². The quantitative estimate of drug-likeness (QED) is 0.365. The van der Waals surface area contributed by atoms with Crippen LogP contribution in [0.4, 0.5) is 0 Å². The zero-order valence-electron chi connectivity index (χ0n) is 11.3. The second-order valence-corrected chi connectivity index (χ2v) is 5.87. The molecule has 0 saturated carbocycles. The van der Waals surface area contributed by atoms with E-state index in [2.05, 4.69) is 13.8 Å². The summed E-state index contributed by atoms with van der Waals surface area (Å²) in [5.74, 6) is 2.36. The van der Waals surface area contributed by atoms with Gasteiger partial charge in [0, 0.05) is 0 Å². The Morgan fingerprint density at radius 2 is 1.12 bits per heavy atom. The zero-order valence-corrected chi connectivity index (χ0v) is 12.1. The molecule has 0 atom stereocenters. The van der Waals surface area contributed by atoms with Crippen LogP contribution in [-0.4, -0.2) is 11.5 Å². The fourth-order valence-corrected chi connectivity index (χ4v) is 2.58. The van der Waals surface area contributed by atoms with Crippen LogP contribution in [0.5, 0.6) is 0 Å². The van der Waals surface area contributed by atoms with Crippen molar-refractivity contribution in [1.29, 1.82) is 0 Å². The molecule has 0 aliphatic rings. The Morgan fingerprint density at radius 1 is 0.688 bits per heavy atom. The van der Waals surface area contributed by atoms with Crippen molar-refractivity contribution in [2.75, 3.05) is 11.5 Å². The fourth-order valence-electron chi connectivity index (χ4n) is 1.97. The van der Waals surface area contributed by atoms with Crippen LogP contribution in [0.3, 0.4) is 0 Å².